The van der Waals surface area contributed by atoms with Crippen molar-refractivity contribution in [2.24, 2.45) is 0 Å². The number of ether oxygens (including phenoxy) is 2. The smallest absolute Gasteiger partial charge is 0.338 e. The van der Waals surface area contributed by atoms with Gasteiger partial charge in [0.25, 0.3) is 0 Å². The molecule has 2 aromatic rings. The maximum atomic E-state index is 11.0. The molecule has 24 heavy (non-hydrogen) atoms. The molecule has 0 aliphatic heterocycles. The van der Waals surface area contributed by atoms with E-state index >= 15 is 0 Å². The largest absolute Gasteiger partial charge is 0.619 e. The molecule has 0 fully saturated rings. The third-order valence-electron chi connectivity index (χ3n) is 3.08. The average molecular weight is 334 g/mol. The topological polar surface area (TPSA) is 112 Å². The monoisotopic (exact) mass is 334 g/mol. The molecule has 0 aliphatic carbocycles. The molecule has 2 aromatic heterocycles. The molecule has 0 unspecified atom stereocenters. The highest BCUT2D eigenvalue weighted by Crippen LogP contribution is 2.05. The number of esters is 2. The molecule has 0 atom stereocenters. The Hall–Kier alpha value is -3.16. The Morgan fingerprint density at radius 2 is 1.67 bits per heavy atom. The number of aromatic amines is 1. The van der Waals surface area contributed by atoms with Gasteiger partial charge < -0.3 is 19.7 Å². The Balaban J connectivity index is 0.000000240. The van der Waals surface area contributed by atoms with Crippen LogP contribution in [0.5, 0.6) is 0 Å². The van der Waals surface area contributed by atoms with E-state index in [-0.39, 0.29) is 5.56 Å². The molecular weight excluding hydrogens is 316 g/mol. The van der Waals surface area contributed by atoms with Gasteiger partial charge in [0.15, 0.2) is 12.4 Å². The van der Waals surface area contributed by atoms with Crippen LogP contribution in [-0.2, 0) is 9.47 Å². The van der Waals surface area contributed by atoms with Crippen LogP contribution in [0.3, 0.4) is 0 Å². The molecule has 0 radical (unpaired) electrons. The van der Waals surface area contributed by atoms with Crippen molar-refractivity contribution in [3.8, 4) is 0 Å². The minimum atomic E-state index is -0.487. The van der Waals surface area contributed by atoms with Crippen molar-refractivity contribution in [2.45, 2.75) is 13.8 Å². The van der Waals surface area contributed by atoms with E-state index in [4.69, 9.17) is 0 Å². The number of rotatable bonds is 2. The third kappa shape index (κ3) is 4.94. The summed E-state index contributed by atoms with van der Waals surface area (Å²) in [4.78, 5) is 35.3. The van der Waals surface area contributed by atoms with Crippen LogP contribution in [0.2, 0.25) is 0 Å². The summed E-state index contributed by atoms with van der Waals surface area (Å²) >= 11 is 0. The van der Waals surface area contributed by atoms with Gasteiger partial charge in [0.05, 0.1) is 25.3 Å². The minimum Gasteiger partial charge on any atom is -0.619 e. The second-order valence-electron chi connectivity index (χ2n) is 4.78. The van der Waals surface area contributed by atoms with Gasteiger partial charge in [0.1, 0.15) is 0 Å². The van der Waals surface area contributed by atoms with Gasteiger partial charge in [-0.1, -0.05) is 0 Å². The standard InChI is InChI=1S/2C8H9NO3/c1-5-4-9-7(10)3-6(5)8(11)12-2;1-6-5-9(11)4-3-7(6)8(10)12-2/h3-4H,1-2H3,(H,9,10);3-5H,1-2H3. The van der Waals surface area contributed by atoms with Crippen LogP contribution in [0.4, 0.5) is 0 Å². The molecule has 0 aromatic carbocycles. The number of methoxy groups -OCH3 is 2. The quantitative estimate of drug-likeness (QED) is 0.496. The fourth-order valence-electron chi connectivity index (χ4n) is 1.80. The van der Waals surface area contributed by atoms with E-state index in [0.717, 1.165) is 0 Å². The zero-order valence-corrected chi connectivity index (χ0v) is 13.8. The van der Waals surface area contributed by atoms with E-state index in [2.05, 4.69) is 14.5 Å². The van der Waals surface area contributed by atoms with Crippen LogP contribution >= 0.6 is 0 Å². The number of nitrogens with zero attached hydrogens (tertiary/aromatic N) is 1. The summed E-state index contributed by atoms with van der Waals surface area (Å²) in [5.74, 6) is -0.910. The number of aryl methyl sites for hydroxylation is 2. The molecule has 0 spiro atoms. The highest BCUT2D eigenvalue weighted by Gasteiger charge is 2.10. The molecule has 1 N–H and O–H groups in total. The molecular formula is C16H18N2O6. The van der Waals surface area contributed by atoms with Crippen molar-refractivity contribution in [2.75, 3.05) is 14.2 Å². The summed E-state index contributed by atoms with van der Waals surface area (Å²) < 4.78 is 9.63. The second-order valence-corrected chi connectivity index (χ2v) is 4.78. The lowest BCUT2D eigenvalue weighted by Gasteiger charge is -2.02. The first kappa shape index (κ1) is 18.9. The Labute approximate surface area is 138 Å². The van der Waals surface area contributed by atoms with Crippen molar-refractivity contribution >= 4 is 11.9 Å². The number of hydrogen-bond acceptors (Lipinski definition) is 6. The Bertz CT molecular complexity index is 797. The van der Waals surface area contributed by atoms with Gasteiger partial charge in [-0.3, -0.25) is 4.79 Å². The lowest BCUT2D eigenvalue weighted by molar-refractivity contribution is -0.605. The van der Waals surface area contributed by atoms with E-state index < -0.39 is 11.9 Å². The SMILES string of the molecule is COC(=O)c1cc(=O)[nH]cc1C.COC(=O)c1cc[n+]([O-])cc1C. The summed E-state index contributed by atoms with van der Waals surface area (Å²) in [5.41, 5.74) is 1.73. The molecule has 0 amide bonds. The summed E-state index contributed by atoms with van der Waals surface area (Å²) in [6.45, 7) is 3.41. The predicted octanol–water partition coefficient (Wildman–Crippen LogP) is 0.885. The maximum absolute atomic E-state index is 11.0. The lowest BCUT2D eigenvalue weighted by Crippen LogP contribution is -2.26. The Kier molecular flexibility index (Phi) is 6.66. The summed E-state index contributed by atoms with van der Waals surface area (Å²) in [6.07, 6.45) is 4.07. The number of nitrogens with one attached hydrogen (secondary N) is 1. The zero-order valence-electron chi connectivity index (χ0n) is 13.8. The van der Waals surface area contributed by atoms with E-state index in [0.29, 0.717) is 27.0 Å². The maximum Gasteiger partial charge on any atom is 0.338 e. The lowest BCUT2D eigenvalue weighted by atomic mass is 10.2. The van der Waals surface area contributed by atoms with Crippen LogP contribution in [0.1, 0.15) is 31.8 Å². The van der Waals surface area contributed by atoms with E-state index in [1.807, 2.05) is 0 Å². The Morgan fingerprint density at radius 3 is 2.21 bits per heavy atom. The number of pyridine rings is 2. The highest BCUT2D eigenvalue weighted by atomic mass is 16.5. The molecule has 2 rings (SSSR count). The van der Waals surface area contributed by atoms with Gasteiger partial charge in [-0.15, -0.1) is 0 Å². The van der Waals surface area contributed by atoms with Crippen LogP contribution in [0.15, 0.2) is 35.5 Å². The van der Waals surface area contributed by atoms with Crippen LogP contribution < -0.4 is 10.3 Å². The third-order valence-corrected chi connectivity index (χ3v) is 3.08. The van der Waals surface area contributed by atoms with E-state index in [1.54, 1.807) is 13.8 Å². The molecule has 8 heteroatoms. The van der Waals surface area contributed by atoms with Crippen molar-refractivity contribution in [1.29, 1.82) is 0 Å². The van der Waals surface area contributed by atoms with Gasteiger partial charge in [-0.2, -0.15) is 4.73 Å². The zero-order chi connectivity index (χ0) is 18.3. The summed E-state index contributed by atoms with van der Waals surface area (Å²) in [6, 6.07) is 2.66. The minimum absolute atomic E-state index is 0.305. The molecule has 8 nitrogen and oxygen atoms in total. The van der Waals surface area contributed by atoms with Gasteiger partial charge in [0.2, 0.25) is 5.56 Å². The van der Waals surface area contributed by atoms with Gasteiger partial charge in [-0.05, 0) is 19.4 Å². The number of carbonyl (C=O) groups is 2. The first-order chi connectivity index (χ1) is 11.3. The first-order valence-corrected chi connectivity index (χ1v) is 6.85. The normalized spacial score (nSPS) is 9.50. The van der Waals surface area contributed by atoms with Crippen LogP contribution in [-0.4, -0.2) is 31.1 Å². The van der Waals surface area contributed by atoms with Crippen LogP contribution in [0, 0.1) is 19.1 Å². The van der Waals surface area contributed by atoms with E-state index in [1.165, 1.54) is 44.9 Å². The number of hydrogen-bond donors (Lipinski definition) is 1. The molecule has 0 saturated carbocycles. The number of carbonyl (C=O) groups excluding carboxylic acids is 2. The fourth-order valence-corrected chi connectivity index (χ4v) is 1.80. The van der Waals surface area contributed by atoms with Crippen molar-refractivity contribution < 1.29 is 23.8 Å². The molecule has 0 saturated heterocycles. The van der Waals surface area contributed by atoms with Crippen LogP contribution in [0.25, 0.3) is 0 Å². The van der Waals surface area contributed by atoms with Crippen molar-refractivity contribution in [3.05, 3.63) is 68.5 Å². The average Bonchev–Trinajstić information content (AvgIpc) is 2.56. The molecule has 0 bridgehead atoms. The number of aromatic nitrogens is 2. The predicted molar refractivity (Wildman–Crippen MR) is 84.6 cm³/mol. The second kappa shape index (κ2) is 8.47. The Morgan fingerprint density at radius 1 is 1.08 bits per heavy atom. The molecule has 128 valence electrons. The highest BCUT2D eigenvalue weighted by molar-refractivity contribution is 5.91. The van der Waals surface area contributed by atoms with Crippen molar-refractivity contribution in [1.82, 2.24) is 4.98 Å². The van der Waals surface area contributed by atoms with Gasteiger partial charge in [0, 0.05) is 23.9 Å². The van der Waals surface area contributed by atoms with Gasteiger partial charge >= 0.3 is 11.9 Å². The summed E-state index contributed by atoms with van der Waals surface area (Å²) in [7, 11) is 2.59. The number of H-pyrrole nitrogens is 1. The molecule has 0 aliphatic rings. The van der Waals surface area contributed by atoms with E-state index in [9.17, 15) is 19.6 Å². The van der Waals surface area contributed by atoms with Crippen molar-refractivity contribution in [3.63, 3.8) is 0 Å². The fraction of sp³-hybridized carbons (Fsp3) is 0.250. The summed E-state index contributed by atoms with van der Waals surface area (Å²) in [5, 5.41) is 10.7. The molecule has 2 heterocycles. The first-order valence-electron chi connectivity index (χ1n) is 6.85. The van der Waals surface area contributed by atoms with Gasteiger partial charge in [-0.25, -0.2) is 9.59 Å².